The molecular formula is C10H17NO2. The van der Waals surface area contributed by atoms with E-state index < -0.39 is 0 Å². The Morgan fingerprint density at radius 1 is 1.38 bits per heavy atom. The van der Waals surface area contributed by atoms with E-state index in [0.717, 1.165) is 12.8 Å². The maximum atomic E-state index is 11.5. The van der Waals surface area contributed by atoms with Gasteiger partial charge in [0.15, 0.2) is 0 Å². The van der Waals surface area contributed by atoms with E-state index in [4.69, 9.17) is 0 Å². The van der Waals surface area contributed by atoms with E-state index in [0.29, 0.717) is 38.1 Å². The van der Waals surface area contributed by atoms with E-state index in [1.165, 1.54) is 0 Å². The minimum absolute atomic E-state index is 0.217. The van der Waals surface area contributed by atoms with E-state index in [1.807, 2.05) is 4.90 Å². The lowest BCUT2D eigenvalue weighted by molar-refractivity contribution is -0.134. The van der Waals surface area contributed by atoms with Crippen molar-refractivity contribution < 1.29 is 9.59 Å². The molecule has 0 aromatic carbocycles. The van der Waals surface area contributed by atoms with Crippen LogP contribution in [0.5, 0.6) is 0 Å². The van der Waals surface area contributed by atoms with Gasteiger partial charge < -0.3 is 4.90 Å². The largest absolute Gasteiger partial charge is 0.342 e. The van der Waals surface area contributed by atoms with Crippen LogP contribution < -0.4 is 0 Å². The van der Waals surface area contributed by atoms with E-state index >= 15 is 0 Å². The zero-order valence-electron chi connectivity index (χ0n) is 8.21. The van der Waals surface area contributed by atoms with Gasteiger partial charge in [-0.05, 0) is 6.42 Å². The smallest absolute Gasteiger partial charge is 0.222 e. The molecule has 0 spiro atoms. The zero-order valence-corrected chi connectivity index (χ0v) is 8.21. The summed E-state index contributed by atoms with van der Waals surface area (Å²) in [6, 6.07) is 0. The number of nitrogens with zero attached hydrogens (tertiary/aromatic N) is 1. The SMILES string of the molecule is CCCCC(=O)N1CCC(=O)CC1. The Morgan fingerprint density at radius 3 is 2.54 bits per heavy atom. The topological polar surface area (TPSA) is 37.4 Å². The summed E-state index contributed by atoms with van der Waals surface area (Å²) in [4.78, 5) is 24.2. The van der Waals surface area contributed by atoms with Crippen molar-refractivity contribution >= 4 is 11.7 Å². The van der Waals surface area contributed by atoms with Crippen molar-refractivity contribution in [3.63, 3.8) is 0 Å². The second-order valence-corrected chi connectivity index (χ2v) is 3.52. The molecule has 1 aliphatic heterocycles. The number of hydrogen-bond acceptors (Lipinski definition) is 2. The Morgan fingerprint density at radius 2 is 2.00 bits per heavy atom. The first kappa shape index (κ1) is 10.2. The highest BCUT2D eigenvalue weighted by molar-refractivity contribution is 5.83. The van der Waals surface area contributed by atoms with Gasteiger partial charge in [-0.3, -0.25) is 9.59 Å². The van der Waals surface area contributed by atoms with Gasteiger partial charge in [-0.2, -0.15) is 0 Å². The number of rotatable bonds is 3. The van der Waals surface area contributed by atoms with Crippen LogP contribution in [-0.4, -0.2) is 29.7 Å². The number of Topliss-reactive ketones (excluding diaryl/α,β-unsaturated/α-hetero) is 1. The number of ketones is 1. The van der Waals surface area contributed by atoms with Gasteiger partial charge in [0.05, 0.1) is 0 Å². The summed E-state index contributed by atoms with van der Waals surface area (Å²) in [6.07, 6.45) is 3.77. The highest BCUT2D eigenvalue weighted by Gasteiger charge is 2.19. The fourth-order valence-electron chi connectivity index (χ4n) is 1.49. The molecule has 0 aliphatic carbocycles. The van der Waals surface area contributed by atoms with Crippen molar-refractivity contribution in [3.05, 3.63) is 0 Å². The summed E-state index contributed by atoms with van der Waals surface area (Å²) in [7, 11) is 0. The predicted molar refractivity (Wildman–Crippen MR) is 50.3 cm³/mol. The van der Waals surface area contributed by atoms with Crippen molar-refractivity contribution in [2.45, 2.75) is 39.0 Å². The van der Waals surface area contributed by atoms with Crippen LogP contribution in [-0.2, 0) is 9.59 Å². The van der Waals surface area contributed by atoms with Gasteiger partial charge in [0.25, 0.3) is 0 Å². The van der Waals surface area contributed by atoms with Crippen LogP contribution in [0.1, 0.15) is 39.0 Å². The number of piperidine rings is 1. The van der Waals surface area contributed by atoms with Gasteiger partial charge in [0.1, 0.15) is 5.78 Å². The fourth-order valence-corrected chi connectivity index (χ4v) is 1.49. The molecule has 0 atom stereocenters. The Kier molecular flexibility index (Phi) is 3.93. The normalized spacial score (nSPS) is 17.6. The number of amides is 1. The lowest BCUT2D eigenvalue weighted by Crippen LogP contribution is -2.38. The first-order chi connectivity index (χ1) is 6.24. The molecule has 3 nitrogen and oxygen atoms in total. The monoisotopic (exact) mass is 183 g/mol. The molecule has 13 heavy (non-hydrogen) atoms. The average molecular weight is 183 g/mol. The van der Waals surface area contributed by atoms with Gasteiger partial charge in [0.2, 0.25) is 5.91 Å². The number of likely N-dealkylation sites (tertiary alicyclic amines) is 1. The first-order valence-electron chi connectivity index (χ1n) is 5.03. The van der Waals surface area contributed by atoms with Crippen molar-refractivity contribution in [3.8, 4) is 0 Å². The van der Waals surface area contributed by atoms with Crippen LogP contribution in [0, 0.1) is 0 Å². The van der Waals surface area contributed by atoms with Crippen LogP contribution in [0.2, 0.25) is 0 Å². The lowest BCUT2D eigenvalue weighted by Gasteiger charge is -2.25. The van der Waals surface area contributed by atoms with Gasteiger partial charge in [0, 0.05) is 32.4 Å². The third-order valence-electron chi connectivity index (χ3n) is 2.42. The third-order valence-corrected chi connectivity index (χ3v) is 2.42. The van der Waals surface area contributed by atoms with E-state index in [1.54, 1.807) is 0 Å². The summed E-state index contributed by atoms with van der Waals surface area (Å²) in [5.74, 6) is 0.508. The van der Waals surface area contributed by atoms with Crippen molar-refractivity contribution in [2.75, 3.05) is 13.1 Å². The Balaban J connectivity index is 2.27. The molecule has 1 heterocycles. The van der Waals surface area contributed by atoms with E-state index in [9.17, 15) is 9.59 Å². The maximum absolute atomic E-state index is 11.5. The molecule has 1 amide bonds. The van der Waals surface area contributed by atoms with E-state index in [-0.39, 0.29) is 5.91 Å². The molecule has 1 fully saturated rings. The Labute approximate surface area is 79.1 Å². The second-order valence-electron chi connectivity index (χ2n) is 3.52. The quantitative estimate of drug-likeness (QED) is 0.662. The highest BCUT2D eigenvalue weighted by Crippen LogP contribution is 2.08. The number of hydrogen-bond donors (Lipinski definition) is 0. The van der Waals surface area contributed by atoms with Gasteiger partial charge in [-0.15, -0.1) is 0 Å². The molecule has 0 N–H and O–H groups in total. The summed E-state index contributed by atoms with van der Waals surface area (Å²) >= 11 is 0. The molecule has 0 aromatic rings. The highest BCUT2D eigenvalue weighted by atomic mass is 16.2. The standard InChI is InChI=1S/C10H17NO2/c1-2-3-4-10(13)11-7-5-9(12)6-8-11/h2-8H2,1H3. The molecule has 0 saturated carbocycles. The van der Waals surface area contributed by atoms with Gasteiger partial charge >= 0.3 is 0 Å². The molecule has 0 aromatic heterocycles. The molecule has 1 aliphatic rings. The Bertz CT molecular complexity index is 191. The van der Waals surface area contributed by atoms with Crippen LogP contribution in [0.15, 0.2) is 0 Å². The van der Waals surface area contributed by atoms with Crippen molar-refractivity contribution in [1.82, 2.24) is 4.90 Å². The lowest BCUT2D eigenvalue weighted by atomic mass is 10.1. The molecule has 74 valence electrons. The summed E-state index contributed by atoms with van der Waals surface area (Å²) in [6.45, 7) is 3.36. The Hall–Kier alpha value is -0.860. The summed E-state index contributed by atoms with van der Waals surface area (Å²) in [5.41, 5.74) is 0. The maximum Gasteiger partial charge on any atom is 0.222 e. The van der Waals surface area contributed by atoms with Crippen molar-refractivity contribution in [1.29, 1.82) is 0 Å². The third kappa shape index (κ3) is 3.17. The van der Waals surface area contributed by atoms with Crippen LogP contribution >= 0.6 is 0 Å². The molecule has 1 rings (SSSR count). The van der Waals surface area contributed by atoms with Crippen LogP contribution in [0.3, 0.4) is 0 Å². The summed E-state index contributed by atoms with van der Waals surface area (Å²) < 4.78 is 0. The van der Waals surface area contributed by atoms with Crippen LogP contribution in [0.25, 0.3) is 0 Å². The minimum Gasteiger partial charge on any atom is -0.342 e. The fraction of sp³-hybridized carbons (Fsp3) is 0.800. The minimum atomic E-state index is 0.217. The van der Waals surface area contributed by atoms with Crippen molar-refractivity contribution in [2.24, 2.45) is 0 Å². The predicted octanol–water partition coefficient (Wildman–Crippen LogP) is 1.37. The summed E-state index contributed by atoms with van der Waals surface area (Å²) in [5, 5.41) is 0. The second kappa shape index (κ2) is 5.00. The molecule has 0 bridgehead atoms. The first-order valence-corrected chi connectivity index (χ1v) is 5.03. The van der Waals surface area contributed by atoms with E-state index in [2.05, 4.69) is 6.92 Å². The molecule has 1 saturated heterocycles. The molecule has 0 radical (unpaired) electrons. The molecule has 0 unspecified atom stereocenters. The number of unbranched alkanes of at least 4 members (excludes halogenated alkanes) is 1. The zero-order chi connectivity index (χ0) is 9.68. The number of carbonyl (C=O) groups is 2. The van der Waals surface area contributed by atoms with Gasteiger partial charge in [-0.25, -0.2) is 0 Å². The van der Waals surface area contributed by atoms with Crippen LogP contribution in [0.4, 0.5) is 0 Å². The van der Waals surface area contributed by atoms with Gasteiger partial charge in [-0.1, -0.05) is 13.3 Å². The number of carbonyl (C=O) groups excluding carboxylic acids is 2. The average Bonchev–Trinajstić information content (AvgIpc) is 2.15. The molecule has 3 heteroatoms. The molecular weight excluding hydrogens is 166 g/mol.